The molecule has 30 heavy (non-hydrogen) atoms. The normalized spacial score (nSPS) is 11.6. The fourth-order valence-electron chi connectivity index (χ4n) is 3.02. The number of benzene rings is 2. The van der Waals surface area contributed by atoms with Crippen LogP contribution in [-0.2, 0) is 0 Å². The van der Waals surface area contributed by atoms with Gasteiger partial charge in [-0.2, -0.15) is 0 Å². The predicted molar refractivity (Wildman–Crippen MR) is 114 cm³/mol. The molecule has 8 nitrogen and oxygen atoms in total. The van der Waals surface area contributed by atoms with Crippen molar-refractivity contribution >= 4 is 29.0 Å². The zero-order valence-corrected chi connectivity index (χ0v) is 16.2. The van der Waals surface area contributed by atoms with E-state index in [-0.39, 0.29) is 18.0 Å². The first-order valence-corrected chi connectivity index (χ1v) is 9.44. The zero-order valence-electron chi connectivity index (χ0n) is 16.2. The molecule has 2 aromatic carbocycles. The number of aromatic nitrogens is 3. The van der Waals surface area contributed by atoms with Crippen molar-refractivity contribution in [3.63, 3.8) is 0 Å². The van der Waals surface area contributed by atoms with Gasteiger partial charge in [0.05, 0.1) is 6.04 Å². The van der Waals surface area contributed by atoms with Crippen LogP contribution in [0.3, 0.4) is 0 Å². The van der Waals surface area contributed by atoms with Crippen molar-refractivity contribution in [1.29, 1.82) is 0 Å². The Bertz CT molecular complexity index is 1170. The summed E-state index contributed by atoms with van der Waals surface area (Å²) in [5.41, 5.74) is 2.47. The Balaban J connectivity index is 1.37. The minimum Gasteiger partial charge on any atom is -0.342 e. The van der Waals surface area contributed by atoms with Gasteiger partial charge >= 0.3 is 6.03 Å². The molecule has 0 aliphatic rings. The third-order valence-corrected chi connectivity index (χ3v) is 4.51. The predicted octanol–water partition coefficient (Wildman–Crippen LogP) is 3.86. The Morgan fingerprint density at radius 3 is 2.23 bits per heavy atom. The van der Waals surface area contributed by atoms with Crippen molar-refractivity contribution in [1.82, 2.24) is 19.9 Å². The fourth-order valence-corrected chi connectivity index (χ4v) is 3.02. The van der Waals surface area contributed by atoms with E-state index in [1.807, 2.05) is 53.9 Å². The van der Waals surface area contributed by atoms with E-state index in [1.54, 1.807) is 36.4 Å². The average Bonchev–Trinajstić information content (AvgIpc) is 3.19. The number of anilines is 2. The third-order valence-electron chi connectivity index (χ3n) is 4.51. The Labute approximate surface area is 173 Å². The number of fused-ring (bicyclic) bond motifs is 1. The molecule has 0 radical (unpaired) electrons. The minimum atomic E-state index is -0.356. The van der Waals surface area contributed by atoms with Crippen LogP contribution in [0.5, 0.6) is 0 Å². The Morgan fingerprint density at radius 1 is 0.833 bits per heavy atom. The van der Waals surface area contributed by atoms with Crippen LogP contribution in [0.4, 0.5) is 16.2 Å². The maximum absolute atomic E-state index is 12.6. The molecule has 8 heteroatoms. The second kappa shape index (κ2) is 8.44. The topological polar surface area (TPSA) is 100 Å². The number of urea groups is 1. The number of hydrogen-bond acceptors (Lipinski definition) is 4. The van der Waals surface area contributed by atoms with Crippen LogP contribution in [0.25, 0.3) is 5.65 Å². The van der Waals surface area contributed by atoms with E-state index in [9.17, 15) is 9.59 Å². The van der Waals surface area contributed by atoms with Crippen LogP contribution in [0.2, 0.25) is 0 Å². The highest BCUT2D eigenvalue weighted by atomic mass is 16.2. The SMILES string of the molecule is CC(NC(=O)c1ccc(NC(=O)Nc2ccccc2)cc1)c1nnc2ccccn12. The van der Waals surface area contributed by atoms with Gasteiger partial charge in [0.2, 0.25) is 0 Å². The Kier molecular flexibility index (Phi) is 5.38. The Morgan fingerprint density at radius 2 is 1.50 bits per heavy atom. The highest BCUT2D eigenvalue weighted by molar-refractivity contribution is 6.00. The summed E-state index contributed by atoms with van der Waals surface area (Å²) in [7, 11) is 0. The summed E-state index contributed by atoms with van der Waals surface area (Å²) in [5, 5.41) is 16.7. The maximum atomic E-state index is 12.6. The highest BCUT2D eigenvalue weighted by Gasteiger charge is 2.16. The van der Waals surface area contributed by atoms with E-state index in [4.69, 9.17) is 0 Å². The molecule has 0 fully saturated rings. The molecule has 150 valence electrons. The lowest BCUT2D eigenvalue weighted by Crippen LogP contribution is -2.28. The first kappa shape index (κ1) is 19.1. The summed E-state index contributed by atoms with van der Waals surface area (Å²) in [6.07, 6.45) is 1.86. The number of nitrogens with one attached hydrogen (secondary N) is 3. The number of nitrogens with zero attached hydrogens (tertiary/aromatic N) is 3. The molecule has 2 aromatic heterocycles. The van der Waals surface area contributed by atoms with Crippen molar-refractivity contribution < 1.29 is 9.59 Å². The summed E-state index contributed by atoms with van der Waals surface area (Å²) < 4.78 is 1.84. The van der Waals surface area contributed by atoms with Gasteiger partial charge < -0.3 is 16.0 Å². The smallest absolute Gasteiger partial charge is 0.323 e. The molecule has 0 bridgehead atoms. The first-order valence-electron chi connectivity index (χ1n) is 9.44. The number of rotatable bonds is 5. The van der Waals surface area contributed by atoms with Crippen LogP contribution in [0, 0.1) is 0 Å². The molecule has 0 aliphatic heterocycles. The van der Waals surface area contributed by atoms with E-state index in [2.05, 4.69) is 26.1 Å². The summed E-state index contributed by atoms with van der Waals surface area (Å²) in [6.45, 7) is 1.85. The van der Waals surface area contributed by atoms with Gasteiger partial charge in [-0.1, -0.05) is 24.3 Å². The summed E-state index contributed by atoms with van der Waals surface area (Å²) in [5.74, 6) is 0.408. The number of amides is 3. The largest absolute Gasteiger partial charge is 0.342 e. The van der Waals surface area contributed by atoms with Crippen LogP contribution in [0.15, 0.2) is 79.0 Å². The van der Waals surface area contributed by atoms with Gasteiger partial charge in [0.15, 0.2) is 11.5 Å². The Hall–Kier alpha value is -4.20. The minimum absolute atomic E-state index is 0.240. The molecule has 4 rings (SSSR count). The first-order chi connectivity index (χ1) is 14.6. The van der Waals surface area contributed by atoms with E-state index >= 15 is 0 Å². The van der Waals surface area contributed by atoms with Gasteiger partial charge in [-0.15, -0.1) is 10.2 Å². The van der Waals surface area contributed by atoms with Crippen LogP contribution in [-0.4, -0.2) is 26.5 Å². The van der Waals surface area contributed by atoms with Crippen molar-refractivity contribution in [2.75, 3.05) is 10.6 Å². The lowest BCUT2D eigenvalue weighted by atomic mass is 10.1. The van der Waals surface area contributed by atoms with Crippen molar-refractivity contribution in [3.05, 3.63) is 90.4 Å². The fraction of sp³-hybridized carbons (Fsp3) is 0.0909. The molecule has 0 aliphatic carbocycles. The lowest BCUT2D eigenvalue weighted by Gasteiger charge is -2.13. The molecule has 0 saturated carbocycles. The van der Waals surface area contributed by atoms with Crippen LogP contribution >= 0.6 is 0 Å². The van der Waals surface area contributed by atoms with Gasteiger partial charge in [-0.3, -0.25) is 9.20 Å². The number of carbonyl (C=O) groups excluding carboxylic acids is 2. The average molecular weight is 400 g/mol. The van der Waals surface area contributed by atoms with E-state index in [1.165, 1.54) is 0 Å². The molecule has 0 spiro atoms. The lowest BCUT2D eigenvalue weighted by molar-refractivity contribution is 0.0938. The molecular weight excluding hydrogens is 380 g/mol. The highest BCUT2D eigenvalue weighted by Crippen LogP contribution is 2.15. The summed E-state index contributed by atoms with van der Waals surface area (Å²) >= 11 is 0. The van der Waals surface area contributed by atoms with E-state index in [0.717, 1.165) is 5.65 Å². The molecule has 3 N–H and O–H groups in total. The van der Waals surface area contributed by atoms with Crippen LogP contribution in [0.1, 0.15) is 29.1 Å². The molecule has 2 heterocycles. The molecular formula is C22H20N6O2. The number of hydrogen-bond donors (Lipinski definition) is 3. The van der Waals surface area contributed by atoms with Crippen LogP contribution < -0.4 is 16.0 Å². The van der Waals surface area contributed by atoms with Crippen molar-refractivity contribution in [2.24, 2.45) is 0 Å². The molecule has 3 amide bonds. The summed E-state index contributed by atoms with van der Waals surface area (Å²) in [6, 6.07) is 20.7. The number of para-hydroxylation sites is 1. The second-order valence-corrected chi connectivity index (χ2v) is 6.70. The van der Waals surface area contributed by atoms with E-state index < -0.39 is 0 Å². The van der Waals surface area contributed by atoms with Gasteiger partial charge in [0.25, 0.3) is 5.91 Å². The van der Waals surface area contributed by atoms with Gasteiger partial charge in [-0.25, -0.2) is 4.79 Å². The summed E-state index contributed by atoms with van der Waals surface area (Å²) in [4.78, 5) is 24.7. The number of pyridine rings is 1. The quantitative estimate of drug-likeness (QED) is 0.473. The second-order valence-electron chi connectivity index (χ2n) is 6.70. The molecule has 1 unspecified atom stereocenters. The monoisotopic (exact) mass is 400 g/mol. The van der Waals surface area contributed by atoms with Crippen molar-refractivity contribution in [3.8, 4) is 0 Å². The van der Waals surface area contributed by atoms with Gasteiger partial charge in [-0.05, 0) is 55.5 Å². The third kappa shape index (κ3) is 4.27. The molecule has 0 saturated heterocycles. The number of carbonyl (C=O) groups is 2. The van der Waals surface area contributed by atoms with E-state index in [0.29, 0.717) is 22.8 Å². The van der Waals surface area contributed by atoms with Gasteiger partial charge in [0.1, 0.15) is 0 Å². The van der Waals surface area contributed by atoms with Gasteiger partial charge in [0, 0.05) is 23.1 Å². The van der Waals surface area contributed by atoms with Crippen molar-refractivity contribution in [2.45, 2.75) is 13.0 Å². The zero-order chi connectivity index (χ0) is 20.9. The maximum Gasteiger partial charge on any atom is 0.323 e. The molecule has 1 atom stereocenters. The molecule has 4 aromatic rings. The standard InChI is InChI=1S/C22H20N6O2/c1-15(20-27-26-19-9-5-6-14-28(19)20)23-21(29)16-10-12-18(13-11-16)25-22(30)24-17-7-3-2-4-8-17/h2-15H,1H3,(H,23,29)(H2,24,25,30).